The van der Waals surface area contributed by atoms with Crippen LogP contribution < -0.4 is 5.73 Å². The van der Waals surface area contributed by atoms with Crippen molar-refractivity contribution >= 4 is 23.2 Å². The molecule has 0 saturated heterocycles. The second kappa shape index (κ2) is 5.45. The van der Waals surface area contributed by atoms with E-state index in [1.165, 1.54) is 0 Å². The van der Waals surface area contributed by atoms with Crippen LogP contribution in [0.1, 0.15) is 17.2 Å². The number of hydrogen-bond donors (Lipinski definition) is 1. The van der Waals surface area contributed by atoms with E-state index in [4.69, 9.17) is 28.9 Å². The summed E-state index contributed by atoms with van der Waals surface area (Å²) in [7, 11) is 0. The summed E-state index contributed by atoms with van der Waals surface area (Å²) in [5.41, 5.74) is 7.85. The van der Waals surface area contributed by atoms with Crippen molar-refractivity contribution < 1.29 is 0 Å². The molecule has 1 aromatic carbocycles. The molecule has 0 aliphatic carbocycles. The predicted molar refractivity (Wildman–Crippen MR) is 69.1 cm³/mol. The van der Waals surface area contributed by atoms with Crippen LogP contribution in [0.5, 0.6) is 0 Å². The summed E-state index contributed by atoms with van der Waals surface area (Å²) < 4.78 is 0. The van der Waals surface area contributed by atoms with Crippen LogP contribution in [0.2, 0.25) is 10.0 Å². The van der Waals surface area contributed by atoms with E-state index in [0.717, 1.165) is 11.1 Å². The molecular weight excluding hydrogens is 257 g/mol. The molecule has 0 amide bonds. The van der Waals surface area contributed by atoms with Crippen LogP contribution in [-0.2, 0) is 6.42 Å². The van der Waals surface area contributed by atoms with Crippen molar-refractivity contribution in [3.63, 3.8) is 0 Å². The van der Waals surface area contributed by atoms with Gasteiger partial charge in [-0.05, 0) is 35.7 Å². The highest BCUT2D eigenvalue weighted by molar-refractivity contribution is 6.36. The molecule has 1 aromatic heterocycles. The Morgan fingerprint density at radius 1 is 1.12 bits per heavy atom. The number of nitrogens with two attached hydrogens (primary N) is 1. The number of rotatable bonds is 3. The van der Waals surface area contributed by atoms with Gasteiger partial charge in [-0.25, -0.2) is 0 Å². The molecule has 2 rings (SSSR count). The Morgan fingerprint density at radius 2 is 1.82 bits per heavy atom. The summed E-state index contributed by atoms with van der Waals surface area (Å²) in [6, 6.07) is 7.07. The molecule has 0 aliphatic rings. The van der Waals surface area contributed by atoms with E-state index in [1.54, 1.807) is 24.5 Å². The average molecular weight is 268 g/mol. The largest absolute Gasteiger partial charge is 0.324 e. The molecule has 0 fully saturated rings. The van der Waals surface area contributed by atoms with Crippen LogP contribution in [0.15, 0.2) is 36.7 Å². The van der Waals surface area contributed by atoms with Crippen molar-refractivity contribution in [3.8, 4) is 0 Å². The SMILES string of the molecule is NC(Cc1c(Cl)cccc1Cl)c1ccnnc1. The molecule has 2 aromatic rings. The highest BCUT2D eigenvalue weighted by Crippen LogP contribution is 2.28. The smallest absolute Gasteiger partial charge is 0.0544 e. The Morgan fingerprint density at radius 3 is 2.41 bits per heavy atom. The predicted octanol–water partition coefficient (Wildman–Crippen LogP) is 3.03. The summed E-state index contributed by atoms with van der Waals surface area (Å²) in [4.78, 5) is 0. The Hall–Kier alpha value is -1.16. The molecule has 0 saturated carbocycles. The monoisotopic (exact) mass is 267 g/mol. The summed E-state index contributed by atoms with van der Waals surface area (Å²) in [5.74, 6) is 0. The molecule has 0 radical (unpaired) electrons. The molecule has 1 atom stereocenters. The second-order valence-corrected chi connectivity index (χ2v) is 4.50. The van der Waals surface area contributed by atoms with Gasteiger partial charge < -0.3 is 5.73 Å². The van der Waals surface area contributed by atoms with Crippen LogP contribution >= 0.6 is 23.2 Å². The second-order valence-electron chi connectivity index (χ2n) is 3.69. The molecule has 5 heteroatoms. The first-order chi connectivity index (χ1) is 8.18. The van der Waals surface area contributed by atoms with Crippen molar-refractivity contribution in [3.05, 3.63) is 57.8 Å². The zero-order chi connectivity index (χ0) is 12.3. The lowest BCUT2D eigenvalue weighted by Gasteiger charge is -2.13. The maximum absolute atomic E-state index is 6.09. The third kappa shape index (κ3) is 2.94. The molecule has 1 unspecified atom stereocenters. The van der Waals surface area contributed by atoms with Crippen LogP contribution in [0.3, 0.4) is 0 Å². The van der Waals surface area contributed by atoms with Crippen molar-refractivity contribution in [2.75, 3.05) is 0 Å². The van der Waals surface area contributed by atoms with E-state index >= 15 is 0 Å². The molecule has 0 spiro atoms. The normalized spacial score (nSPS) is 12.4. The number of halogens is 2. The van der Waals surface area contributed by atoms with Crippen molar-refractivity contribution in [2.24, 2.45) is 5.73 Å². The van der Waals surface area contributed by atoms with Crippen LogP contribution in [-0.4, -0.2) is 10.2 Å². The van der Waals surface area contributed by atoms with Gasteiger partial charge in [-0.2, -0.15) is 10.2 Å². The fourth-order valence-corrected chi connectivity index (χ4v) is 2.14. The minimum absolute atomic E-state index is 0.192. The highest BCUT2D eigenvalue weighted by atomic mass is 35.5. The van der Waals surface area contributed by atoms with Gasteiger partial charge in [0.25, 0.3) is 0 Å². The zero-order valence-corrected chi connectivity index (χ0v) is 10.5. The molecule has 17 heavy (non-hydrogen) atoms. The van der Waals surface area contributed by atoms with Gasteiger partial charge in [-0.1, -0.05) is 29.3 Å². The maximum atomic E-state index is 6.09. The Balaban J connectivity index is 2.22. The summed E-state index contributed by atoms with van der Waals surface area (Å²) in [6.07, 6.45) is 3.84. The van der Waals surface area contributed by atoms with Crippen molar-refractivity contribution in [1.82, 2.24) is 10.2 Å². The van der Waals surface area contributed by atoms with Gasteiger partial charge in [0, 0.05) is 22.3 Å². The Labute approximate surface area is 110 Å². The molecule has 0 bridgehead atoms. The van der Waals surface area contributed by atoms with Gasteiger partial charge in [-0.3, -0.25) is 0 Å². The molecule has 1 heterocycles. The van der Waals surface area contributed by atoms with Crippen molar-refractivity contribution in [2.45, 2.75) is 12.5 Å². The fraction of sp³-hybridized carbons (Fsp3) is 0.167. The molecule has 0 aliphatic heterocycles. The van der Waals surface area contributed by atoms with Gasteiger partial charge in [0.1, 0.15) is 0 Å². The molecular formula is C12H11Cl2N3. The van der Waals surface area contributed by atoms with E-state index in [9.17, 15) is 0 Å². The minimum Gasteiger partial charge on any atom is -0.324 e. The van der Waals surface area contributed by atoms with Gasteiger partial charge in [0.15, 0.2) is 0 Å². The number of aromatic nitrogens is 2. The Bertz CT molecular complexity index is 482. The quantitative estimate of drug-likeness (QED) is 0.930. The molecule has 2 N–H and O–H groups in total. The molecule has 88 valence electrons. The number of nitrogens with zero attached hydrogens (tertiary/aromatic N) is 2. The summed E-state index contributed by atoms with van der Waals surface area (Å²) in [6.45, 7) is 0. The third-order valence-electron chi connectivity index (χ3n) is 2.52. The average Bonchev–Trinajstić information content (AvgIpc) is 2.35. The lowest BCUT2D eigenvalue weighted by molar-refractivity contribution is 0.713. The fourth-order valence-electron chi connectivity index (χ4n) is 1.59. The molecule has 3 nitrogen and oxygen atoms in total. The maximum Gasteiger partial charge on any atom is 0.0544 e. The highest BCUT2D eigenvalue weighted by Gasteiger charge is 2.12. The summed E-state index contributed by atoms with van der Waals surface area (Å²) in [5, 5.41) is 8.78. The first-order valence-corrected chi connectivity index (χ1v) is 5.89. The van der Waals surface area contributed by atoms with E-state index in [-0.39, 0.29) is 6.04 Å². The first-order valence-electron chi connectivity index (χ1n) is 5.13. The van der Waals surface area contributed by atoms with Gasteiger partial charge in [0.2, 0.25) is 0 Å². The Kier molecular flexibility index (Phi) is 3.94. The van der Waals surface area contributed by atoms with Gasteiger partial charge >= 0.3 is 0 Å². The van der Waals surface area contributed by atoms with Gasteiger partial charge in [-0.15, -0.1) is 0 Å². The topological polar surface area (TPSA) is 51.8 Å². The standard InChI is InChI=1S/C12H11Cl2N3/c13-10-2-1-3-11(14)9(10)6-12(15)8-4-5-16-17-7-8/h1-5,7,12H,6,15H2. The van der Waals surface area contributed by atoms with E-state index in [1.807, 2.05) is 12.1 Å². The third-order valence-corrected chi connectivity index (χ3v) is 3.23. The van der Waals surface area contributed by atoms with Crippen LogP contribution in [0.4, 0.5) is 0 Å². The van der Waals surface area contributed by atoms with Crippen LogP contribution in [0.25, 0.3) is 0 Å². The van der Waals surface area contributed by atoms with Gasteiger partial charge in [0.05, 0.1) is 6.20 Å². The van der Waals surface area contributed by atoms with E-state index in [2.05, 4.69) is 10.2 Å². The van der Waals surface area contributed by atoms with Crippen LogP contribution in [0, 0.1) is 0 Å². The lowest BCUT2D eigenvalue weighted by Crippen LogP contribution is -2.14. The van der Waals surface area contributed by atoms with E-state index < -0.39 is 0 Å². The first kappa shape index (κ1) is 12.3. The lowest BCUT2D eigenvalue weighted by atomic mass is 10.0. The number of hydrogen-bond acceptors (Lipinski definition) is 3. The number of benzene rings is 1. The van der Waals surface area contributed by atoms with Crippen molar-refractivity contribution in [1.29, 1.82) is 0 Å². The summed E-state index contributed by atoms with van der Waals surface area (Å²) >= 11 is 12.2. The zero-order valence-electron chi connectivity index (χ0n) is 8.98. The minimum atomic E-state index is -0.192. The van der Waals surface area contributed by atoms with E-state index in [0.29, 0.717) is 16.5 Å².